The fourth-order valence-corrected chi connectivity index (χ4v) is 2.94. The Bertz CT molecular complexity index is 1190. The van der Waals surface area contributed by atoms with Gasteiger partial charge in [-0.1, -0.05) is 18.2 Å². The van der Waals surface area contributed by atoms with E-state index in [-0.39, 0.29) is 18.3 Å². The summed E-state index contributed by atoms with van der Waals surface area (Å²) in [6.07, 6.45) is 0. The number of ether oxygens (including phenoxy) is 2. The van der Waals surface area contributed by atoms with E-state index in [1.165, 1.54) is 12.1 Å². The van der Waals surface area contributed by atoms with Gasteiger partial charge < -0.3 is 19.2 Å². The normalized spacial score (nSPS) is 10.7. The lowest BCUT2D eigenvalue weighted by Crippen LogP contribution is -2.22. The van der Waals surface area contributed by atoms with Crippen LogP contribution in [-0.4, -0.2) is 23.2 Å². The van der Waals surface area contributed by atoms with Gasteiger partial charge in [-0.3, -0.25) is 4.79 Å². The second-order valence-corrected chi connectivity index (χ2v) is 6.90. The molecule has 8 heteroatoms. The molecule has 0 saturated heterocycles. The fraction of sp³-hybridized carbons (Fsp3) is 0.125. The smallest absolute Gasteiger partial charge is 0.251 e. The van der Waals surface area contributed by atoms with Crippen molar-refractivity contribution in [2.75, 3.05) is 7.11 Å². The highest BCUT2D eigenvalue weighted by molar-refractivity contribution is 5.95. The monoisotopic (exact) mass is 433 g/mol. The van der Waals surface area contributed by atoms with Gasteiger partial charge in [0.05, 0.1) is 0 Å². The van der Waals surface area contributed by atoms with Crippen molar-refractivity contribution >= 4 is 5.91 Å². The molecule has 4 rings (SSSR count). The average molecular weight is 433 g/mol. The molecule has 0 radical (unpaired) electrons. The van der Waals surface area contributed by atoms with E-state index in [0.717, 1.165) is 5.56 Å². The number of hydrogen-bond acceptors (Lipinski definition) is 6. The van der Waals surface area contributed by atoms with Crippen LogP contribution in [0.4, 0.5) is 4.39 Å². The van der Waals surface area contributed by atoms with E-state index in [2.05, 4.69) is 15.5 Å². The van der Waals surface area contributed by atoms with Gasteiger partial charge in [0.15, 0.2) is 0 Å². The van der Waals surface area contributed by atoms with E-state index in [1.807, 2.05) is 12.1 Å². The molecule has 32 heavy (non-hydrogen) atoms. The Labute approximate surface area is 183 Å². The van der Waals surface area contributed by atoms with Crippen molar-refractivity contribution in [3.05, 3.63) is 95.6 Å². The minimum absolute atomic E-state index is 0.223. The lowest BCUT2D eigenvalue weighted by Gasteiger charge is -2.08. The maximum absolute atomic E-state index is 13.0. The first kappa shape index (κ1) is 21.2. The Kier molecular flexibility index (Phi) is 6.52. The highest BCUT2D eigenvalue weighted by atomic mass is 19.1. The van der Waals surface area contributed by atoms with E-state index in [9.17, 15) is 9.18 Å². The number of carbonyl (C=O) groups excluding carboxylic acids is 1. The Balaban J connectivity index is 1.35. The number of aromatic nitrogens is 2. The topological polar surface area (TPSA) is 86.5 Å². The maximum Gasteiger partial charge on any atom is 0.251 e. The predicted molar refractivity (Wildman–Crippen MR) is 115 cm³/mol. The summed E-state index contributed by atoms with van der Waals surface area (Å²) in [7, 11) is 1.54. The molecule has 4 aromatic rings. The molecule has 0 spiro atoms. The number of halogens is 1. The number of amides is 1. The van der Waals surface area contributed by atoms with Gasteiger partial charge in [0, 0.05) is 24.8 Å². The predicted octanol–water partition coefficient (Wildman–Crippen LogP) is 4.74. The number of methoxy groups -OCH3 is 1. The third kappa shape index (κ3) is 5.35. The Morgan fingerprint density at radius 2 is 1.72 bits per heavy atom. The van der Waals surface area contributed by atoms with E-state index in [0.29, 0.717) is 41.0 Å². The third-order valence-electron chi connectivity index (χ3n) is 4.53. The molecule has 1 aromatic heterocycles. The number of rotatable bonds is 8. The van der Waals surface area contributed by atoms with E-state index in [1.54, 1.807) is 55.6 Å². The molecule has 1 N–H and O–H groups in total. The Morgan fingerprint density at radius 3 is 2.44 bits per heavy atom. The molecule has 0 aliphatic heterocycles. The van der Waals surface area contributed by atoms with Crippen LogP contribution in [0.5, 0.6) is 11.5 Å². The number of nitrogens with one attached hydrogen (secondary N) is 1. The average Bonchev–Trinajstić information content (AvgIpc) is 3.29. The standard InChI is InChI=1S/C24H20FN3O4/c1-30-15-22-27-28-24(32-22)18-4-2-3-17(13-18)23(29)26-14-16-5-9-20(10-6-16)31-21-11-7-19(25)8-12-21/h2-13H,14-15H2,1H3,(H,26,29). The van der Waals surface area contributed by atoms with E-state index in [4.69, 9.17) is 13.9 Å². The van der Waals surface area contributed by atoms with Crippen molar-refractivity contribution in [3.63, 3.8) is 0 Å². The van der Waals surface area contributed by atoms with Crippen molar-refractivity contribution < 1.29 is 23.1 Å². The van der Waals surface area contributed by atoms with Crippen LogP contribution >= 0.6 is 0 Å². The van der Waals surface area contributed by atoms with Gasteiger partial charge in [0.25, 0.3) is 5.91 Å². The first-order valence-electron chi connectivity index (χ1n) is 9.83. The van der Waals surface area contributed by atoms with Crippen molar-refractivity contribution in [2.24, 2.45) is 0 Å². The van der Waals surface area contributed by atoms with Crippen LogP contribution in [0.15, 0.2) is 77.2 Å². The zero-order valence-electron chi connectivity index (χ0n) is 17.2. The van der Waals surface area contributed by atoms with Gasteiger partial charge >= 0.3 is 0 Å². The molecule has 0 aliphatic carbocycles. The molecule has 162 valence electrons. The second-order valence-electron chi connectivity index (χ2n) is 6.90. The molecule has 1 heterocycles. The molecule has 3 aromatic carbocycles. The van der Waals surface area contributed by atoms with Gasteiger partial charge in [-0.15, -0.1) is 10.2 Å². The van der Waals surface area contributed by atoms with Gasteiger partial charge in [-0.2, -0.15) is 0 Å². The summed E-state index contributed by atoms with van der Waals surface area (Å²) in [5.74, 6) is 1.30. The molecular weight excluding hydrogens is 413 g/mol. The van der Waals surface area contributed by atoms with Gasteiger partial charge in [-0.25, -0.2) is 4.39 Å². The number of nitrogens with zero attached hydrogens (tertiary/aromatic N) is 2. The highest BCUT2D eigenvalue weighted by Crippen LogP contribution is 2.22. The molecule has 0 unspecified atom stereocenters. The van der Waals surface area contributed by atoms with Gasteiger partial charge in [0.1, 0.15) is 23.9 Å². The first-order chi connectivity index (χ1) is 15.6. The van der Waals surface area contributed by atoms with Crippen LogP contribution < -0.4 is 10.1 Å². The van der Waals surface area contributed by atoms with Crippen LogP contribution in [0.25, 0.3) is 11.5 Å². The van der Waals surface area contributed by atoms with Crippen LogP contribution in [-0.2, 0) is 17.9 Å². The second kappa shape index (κ2) is 9.84. The summed E-state index contributed by atoms with van der Waals surface area (Å²) in [6.45, 7) is 0.569. The minimum Gasteiger partial charge on any atom is -0.457 e. The zero-order valence-corrected chi connectivity index (χ0v) is 17.2. The summed E-state index contributed by atoms with van der Waals surface area (Å²) in [4.78, 5) is 12.6. The summed E-state index contributed by atoms with van der Waals surface area (Å²) >= 11 is 0. The van der Waals surface area contributed by atoms with E-state index >= 15 is 0 Å². The SMILES string of the molecule is COCc1nnc(-c2cccc(C(=O)NCc3ccc(Oc4ccc(F)cc4)cc3)c2)o1. The summed E-state index contributed by atoms with van der Waals surface area (Å²) < 4.78 is 29.2. The van der Waals surface area contributed by atoms with Gasteiger partial charge in [-0.05, 0) is 60.2 Å². The van der Waals surface area contributed by atoms with Crippen LogP contribution in [0.1, 0.15) is 21.8 Å². The summed E-state index contributed by atoms with van der Waals surface area (Å²) in [5, 5.41) is 10.8. The number of carbonyl (C=O) groups is 1. The summed E-state index contributed by atoms with van der Waals surface area (Å²) in [6, 6.07) is 20.0. The van der Waals surface area contributed by atoms with Crippen LogP contribution in [0.2, 0.25) is 0 Å². The minimum atomic E-state index is -0.318. The first-order valence-corrected chi connectivity index (χ1v) is 9.83. The molecular formula is C24H20FN3O4. The van der Waals surface area contributed by atoms with Crippen LogP contribution in [0.3, 0.4) is 0 Å². The van der Waals surface area contributed by atoms with Crippen LogP contribution in [0, 0.1) is 5.82 Å². The summed E-state index contributed by atoms with van der Waals surface area (Å²) in [5.41, 5.74) is 2.03. The Hall–Kier alpha value is -4.04. The molecule has 0 atom stereocenters. The molecule has 0 aliphatic rings. The Morgan fingerprint density at radius 1 is 1.00 bits per heavy atom. The molecule has 0 fully saturated rings. The number of hydrogen-bond donors (Lipinski definition) is 1. The highest BCUT2D eigenvalue weighted by Gasteiger charge is 2.12. The van der Waals surface area contributed by atoms with Gasteiger partial charge in [0.2, 0.25) is 11.8 Å². The zero-order chi connectivity index (χ0) is 22.3. The quantitative estimate of drug-likeness (QED) is 0.432. The maximum atomic E-state index is 13.0. The largest absolute Gasteiger partial charge is 0.457 e. The van der Waals surface area contributed by atoms with Crippen molar-refractivity contribution in [3.8, 4) is 23.0 Å². The van der Waals surface area contributed by atoms with Crippen molar-refractivity contribution in [1.82, 2.24) is 15.5 Å². The third-order valence-corrected chi connectivity index (χ3v) is 4.53. The molecule has 0 saturated carbocycles. The van der Waals surface area contributed by atoms with Crippen molar-refractivity contribution in [2.45, 2.75) is 13.2 Å². The van der Waals surface area contributed by atoms with Crippen molar-refractivity contribution in [1.29, 1.82) is 0 Å². The molecule has 7 nitrogen and oxygen atoms in total. The van der Waals surface area contributed by atoms with E-state index < -0.39 is 0 Å². The lowest BCUT2D eigenvalue weighted by atomic mass is 10.1. The molecule has 1 amide bonds. The number of benzene rings is 3. The fourth-order valence-electron chi connectivity index (χ4n) is 2.94. The lowest BCUT2D eigenvalue weighted by molar-refractivity contribution is 0.0951. The molecule has 0 bridgehead atoms.